The van der Waals surface area contributed by atoms with Gasteiger partial charge in [0.25, 0.3) is 0 Å². The van der Waals surface area contributed by atoms with Gasteiger partial charge >= 0.3 is 18.4 Å². The molecule has 1 heterocycles. The summed E-state index contributed by atoms with van der Waals surface area (Å²) in [5.41, 5.74) is 0.0808. The van der Waals surface area contributed by atoms with Gasteiger partial charge in [-0.1, -0.05) is 0 Å². The van der Waals surface area contributed by atoms with Crippen LogP contribution in [0.5, 0.6) is 5.88 Å². The molecule has 0 spiro atoms. The van der Waals surface area contributed by atoms with Gasteiger partial charge in [0.1, 0.15) is 12.4 Å². The number of aromatic nitrogens is 2. The summed E-state index contributed by atoms with van der Waals surface area (Å²) in [6, 6.07) is -1.93. The lowest BCUT2D eigenvalue weighted by Gasteiger charge is -2.21. The first-order valence-corrected chi connectivity index (χ1v) is 7.16. The van der Waals surface area contributed by atoms with E-state index >= 15 is 0 Å². The third kappa shape index (κ3) is 6.63. The molecule has 0 bridgehead atoms. The molecule has 1 atom stereocenters. The van der Waals surface area contributed by atoms with Gasteiger partial charge in [0, 0.05) is 6.07 Å². The van der Waals surface area contributed by atoms with Crippen LogP contribution in [-0.2, 0) is 6.54 Å². The monoisotopic (exact) mass is 372 g/mol. The quantitative estimate of drug-likeness (QED) is 0.753. The highest BCUT2D eigenvalue weighted by Gasteiger charge is 2.49. The van der Waals surface area contributed by atoms with Crippen LogP contribution in [0.1, 0.15) is 18.5 Å². The molecule has 1 aromatic heterocycles. The summed E-state index contributed by atoms with van der Waals surface area (Å²) in [5, 5.41) is 4.02. The highest BCUT2D eigenvalue weighted by atomic mass is 19.4. The Morgan fingerprint density at radius 1 is 1.24 bits per heavy atom. The van der Waals surface area contributed by atoms with E-state index < -0.39 is 37.0 Å². The Labute approximate surface area is 138 Å². The van der Waals surface area contributed by atoms with Crippen LogP contribution >= 0.6 is 0 Å². The molecule has 1 aromatic rings. The zero-order valence-corrected chi connectivity index (χ0v) is 12.6. The van der Waals surface area contributed by atoms with Crippen molar-refractivity contribution in [1.29, 1.82) is 0 Å². The average Bonchev–Trinajstić information content (AvgIpc) is 3.32. The minimum atomic E-state index is -4.55. The van der Waals surface area contributed by atoms with E-state index in [-0.39, 0.29) is 18.1 Å². The van der Waals surface area contributed by atoms with Gasteiger partial charge in [-0.2, -0.15) is 26.3 Å². The van der Waals surface area contributed by atoms with E-state index in [2.05, 4.69) is 20.0 Å². The minimum Gasteiger partial charge on any atom is -0.468 e. The van der Waals surface area contributed by atoms with Crippen molar-refractivity contribution in [2.75, 3.05) is 6.61 Å². The van der Waals surface area contributed by atoms with Gasteiger partial charge in [0.2, 0.25) is 5.88 Å². The topological polar surface area (TPSA) is 76.1 Å². The number of amides is 2. The molecule has 2 amide bonds. The molecule has 1 unspecified atom stereocenters. The van der Waals surface area contributed by atoms with E-state index in [0.717, 1.165) is 12.4 Å². The van der Waals surface area contributed by atoms with Crippen LogP contribution in [0.3, 0.4) is 0 Å². The van der Waals surface area contributed by atoms with Gasteiger partial charge in [0.05, 0.1) is 12.2 Å². The second kappa shape index (κ2) is 7.31. The van der Waals surface area contributed by atoms with E-state index in [1.165, 1.54) is 0 Å². The fourth-order valence-corrected chi connectivity index (χ4v) is 1.97. The zero-order valence-electron chi connectivity index (χ0n) is 12.6. The average molecular weight is 372 g/mol. The number of hydrogen-bond acceptors (Lipinski definition) is 4. The number of urea groups is 1. The zero-order chi connectivity index (χ0) is 18.7. The number of hydrogen-bond donors (Lipinski definition) is 2. The van der Waals surface area contributed by atoms with Gasteiger partial charge in [-0.05, 0) is 18.8 Å². The lowest BCUT2D eigenvalue weighted by molar-refractivity contribution is -0.157. The van der Waals surface area contributed by atoms with Gasteiger partial charge in [-0.3, -0.25) is 0 Å². The molecule has 6 nitrogen and oxygen atoms in total. The van der Waals surface area contributed by atoms with Gasteiger partial charge in [0.15, 0.2) is 6.61 Å². The molecule has 25 heavy (non-hydrogen) atoms. The van der Waals surface area contributed by atoms with Gasteiger partial charge in [-0.15, -0.1) is 0 Å². The lowest BCUT2D eigenvalue weighted by atomic mass is 10.2. The number of alkyl halides is 6. The Morgan fingerprint density at radius 2 is 1.92 bits per heavy atom. The molecule has 12 heteroatoms. The van der Waals surface area contributed by atoms with Crippen molar-refractivity contribution >= 4 is 6.03 Å². The van der Waals surface area contributed by atoms with Crippen LogP contribution in [0, 0.1) is 5.92 Å². The molecule has 140 valence electrons. The first kappa shape index (κ1) is 19.1. The van der Waals surface area contributed by atoms with Crippen LogP contribution in [0.4, 0.5) is 31.1 Å². The fourth-order valence-electron chi connectivity index (χ4n) is 1.97. The number of carbonyl (C=O) groups is 1. The van der Waals surface area contributed by atoms with E-state index in [1.54, 1.807) is 0 Å². The number of carbonyl (C=O) groups excluding carboxylic acids is 1. The van der Waals surface area contributed by atoms with E-state index in [9.17, 15) is 31.1 Å². The third-order valence-corrected chi connectivity index (χ3v) is 3.25. The van der Waals surface area contributed by atoms with Crippen molar-refractivity contribution < 1.29 is 35.9 Å². The van der Waals surface area contributed by atoms with Crippen molar-refractivity contribution in [3.63, 3.8) is 0 Å². The second-order valence-corrected chi connectivity index (χ2v) is 5.44. The molecule has 1 saturated carbocycles. The lowest BCUT2D eigenvalue weighted by Crippen LogP contribution is -2.50. The normalized spacial score (nSPS) is 16.2. The first-order chi connectivity index (χ1) is 11.5. The largest absolute Gasteiger partial charge is 0.468 e. The Hall–Kier alpha value is -2.27. The van der Waals surface area contributed by atoms with Gasteiger partial charge in [-0.25, -0.2) is 14.8 Å². The predicted molar refractivity (Wildman–Crippen MR) is 71.5 cm³/mol. The molecule has 0 radical (unpaired) electrons. The van der Waals surface area contributed by atoms with Crippen molar-refractivity contribution in [1.82, 2.24) is 20.6 Å². The Morgan fingerprint density at radius 3 is 2.48 bits per heavy atom. The van der Waals surface area contributed by atoms with Crippen LogP contribution in [-0.4, -0.2) is 41.0 Å². The van der Waals surface area contributed by atoms with Crippen molar-refractivity contribution in [2.24, 2.45) is 5.92 Å². The summed E-state index contributed by atoms with van der Waals surface area (Å²) in [6.07, 6.45) is -7.40. The predicted octanol–water partition coefficient (Wildman–Crippen LogP) is 2.56. The standard InChI is InChI=1S/C13H14F6N4O2/c14-12(15,16)5-25-9-3-8(21-6-22-9)4-20-11(24)23-10(7-1-2-7)13(17,18)19/h3,6-7,10H,1-2,4-5H2,(H2,20,23,24). The number of ether oxygens (including phenoxy) is 1. The molecule has 2 rings (SSSR count). The number of nitrogens with zero attached hydrogens (tertiary/aromatic N) is 2. The molecule has 0 aliphatic heterocycles. The fraction of sp³-hybridized carbons (Fsp3) is 0.615. The number of rotatable bonds is 6. The molecule has 1 fully saturated rings. The van der Waals surface area contributed by atoms with Crippen molar-refractivity contribution in [2.45, 2.75) is 37.8 Å². The first-order valence-electron chi connectivity index (χ1n) is 7.16. The maximum Gasteiger partial charge on any atom is 0.422 e. The van der Waals surface area contributed by atoms with Crippen molar-refractivity contribution in [3.8, 4) is 5.88 Å². The smallest absolute Gasteiger partial charge is 0.422 e. The van der Waals surface area contributed by atoms with Crippen LogP contribution < -0.4 is 15.4 Å². The summed E-state index contributed by atoms with van der Waals surface area (Å²) >= 11 is 0. The van der Waals surface area contributed by atoms with E-state index in [4.69, 9.17) is 0 Å². The molecule has 0 saturated heterocycles. The Kier molecular flexibility index (Phi) is 5.58. The maximum absolute atomic E-state index is 12.8. The summed E-state index contributed by atoms with van der Waals surface area (Å²) < 4.78 is 79.0. The summed E-state index contributed by atoms with van der Waals surface area (Å²) in [7, 11) is 0. The molecule has 2 N–H and O–H groups in total. The molecule has 1 aliphatic carbocycles. The second-order valence-electron chi connectivity index (χ2n) is 5.44. The maximum atomic E-state index is 12.8. The van der Waals surface area contributed by atoms with Crippen LogP contribution in [0.25, 0.3) is 0 Å². The van der Waals surface area contributed by atoms with E-state index in [0.29, 0.717) is 12.8 Å². The van der Waals surface area contributed by atoms with Gasteiger partial charge < -0.3 is 15.4 Å². The number of halogens is 6. The number of nitrogens with one attached hydrogen (secondary N) is 2. The minimum absolute atomic E-state index is 0.0808. The molecular formula is C13H14F6N4O2. The molecule has 0 aromatic carbocycles. The SMILES string of the molecule is O=C(NCc1cc(OCC(F)(F)F)ncn1)NC(C1CC1)C(F)(F)F. The Balaban J connectivity index is 1.85. The molecular weight excluding hydrogens is 358 g/mol. The van der Waals surface area contributed by atoms with E-state index in [1.807, 2.05) is 5.32 Å². The summed E-state index contributed by atoms with van der Waals surface area (Å²) in [6.45, 7) is -1.85. The molecule has 1 aliphatic rings. The van der Waals surface area contributed by atoms with Crippen LogP contribution in [0.2, 0.25) is 0 Å². The highest BCUT2D eigenvalue weighted by molar-refractivity contribution is 5.74. The van der Waals surface area contributed by atoms with Crippen molar-refractivity contribution in [3.05, 3.63) is 18.1 Å². The van der Waals surface area contributed by atoms with Crippen LogP contribution in [0.15, 0.2) is 12.4 Å². The third-order valence-electron chi connectivity index (χ3n) is 3.25. The highest BCUT2D eigenvalue weighted by Crippen LogP contribution is 2.40. The summed E-state index contributed by atoms with van der Waals surface area (Å²) in [4.78, 5) is 18.8. The summed E-state index contributed by atoms with van der Waals surface area (Å²) in [5.74, 6) is -0.997. The Bertz CT molecular complexity index is 603.